The molecule has 1 aliphatic carbocycles. The number of carbonyl (C=O) groups is 1. The maximum atomic E-state index is 12.8. The zero-order valence-electron chi connectivity index (χ0n) is 20.7. The molecule has 2 fully saturated rings. The van der Waals surface area contributed by atoms with Crippen molar-refractivity contribution in [2.24, 2.45) is 11.8 Å². The zero-order chi connectivity index (χ0) is 22.3. The molecule has 0 bridgehead atoms. The smallest absolute Gasteiger partial charge is 0.225 e. The quantitative estimate of drug-likeness (QED) is 0.605. The van der Waals surface area contributed by atoms with Crippen molar-refractivity contribution < 1.29 is 9.53 Å². The minimum atomic E-state index is 0. The van der Waals surface area contributed by atoms with Gasteiger partial charge < -0.3 is 19.9 Å². The third-order valence-electron chi connectivity index (χ3n) is 8.08. The van der Waals surface area contributed by atoms with E-state index in [4.69, 9.17) is 4.74 Å². The van der Waals surface area contributed by atoms with E-state index in [9.17, 15) is 4.79 Å². The fraction of sp³-hybridized carbons (Fsp3) is 0.741. The largest absolute Gasteiger partial charge is 0.497 e. The number of carbonyl (C=O) groups excluding carboxylic acids is 1. The highest BCUT2D eigenvalue weighted by atomic mass is 35.5. The number of hydrogen-bond acceptors (Lipinski definition) is 4. The van der Waals surface area contributed by atoms with Crippen LogP contribution in [0, 0.1) is 11.8 Å². The number of fused-ring (bicyclic) bond motifs is 1. The van der Waals surface area contributed by atoms with Crippen LogP contribution in [0.4, 0.5) is 0 Å². The molecule has 4 rings (SSSR count). The predicted molar refractivity (Wildman–Crippen MR) is 137 cm³/mol. The van der Waals surface area contributed by atoms with Crippen molar-refractivity contribution in [1.29, 1.82) is 0 Å². The minimum Gasteiger partial charge on any atom is -0.497 e. The van der Waals surface area contributed by atoms with E-state index in [1.807, 2.05) is 0 Å². The second kappa shape index (κ2) is 13.0. The van der Waals surface area contributed by atoms with Crippen molar-refractivity contribution >= 4 is 18.3 Å². The van der Waals surface area contributed by atoms with Crippen LogP contribution in [0.25, 0.3) is 0 Å². The van der Waals surface area contributed by atoms with Crippen molar-refractivity contribution in [1.82, 2.24) is 15.1 Å². The maximum absolute atomic E-state index is 12.8. The highest BCUT2D eigenvalue weighted by molar-refractivity contribution is 5.85. The lowest BCUT2D eigenvalue weighted by molar-refractivity contribution is -0.137. The number of nitrogens with zero attached hydrogens (tertiary/aromatic N) is 2. The van der Waals surface area contributed by atoms with Crippen LogP contribution in [0.1, 0.15) is 63.0 Å². The van der Waals surface area contributed by atoms with Gasteiger partial charge in [0.1, 0.15) is 5.75 Å². The van der Waals surface area contributed by atoms with Gasteiger partial charge in [0.05, 0.1) is 7.11 Å². The summed E-state index contributed by atoms with van der Waals surface area (Å²) in [6, 6.07) is 7.26. The Labute approximate surface area is 207 Å². The number of piperidine rings is 2. The van der Waals surface area contributed by atoms with Crippen molar-refractivity contribution in [3.63, 3.8) is 0 Å². The Morgan fingerprint density at radius 1 is 1.09 bits per heavy atom. The SMILES string of the molecule is CCCN(CCC1CCN(C(=O)C2CCNCC2)CC1)C1CCc2ccc(OC)cc2C1.Cl. The minimum absolute atomic E-state index is 0. The molecule has 0 aromatic heterocycles. The molecule has 2 heterocycles. The Morgan fingerprint density at radius 2 is 1.85 bits per heavy atom. The molecule has 1 aromatic carbocycles. The molecule has 0 spiro atoms. The molecule has 1 N–H and O–H groups in total. The lowest BCUT2D eigenvalue weighted by Gasteiger charge is -2.38. The van der Waals surface area contributed by atoms with E-state index in [0.29, 0.717) is 11.9 Å². The second-order valence-corrected chi connectivity index (χ2v) is 10.1. The molecule has 1 aromatic rings. The van der Waals surface area contributed by atoms with E-state index >= 15 is 0 Å². The molecule has 0 radical (unpaired) electrons. The topological polar surface area (TPSA) is 44.8 Å². The van der Waals surface area contributed by atoms with Crippen LogP contribution in [0.3, 0.4) is 0 Å². The Kier molecular flexibility index (Phi) is 10.3. The third-order valence-corrected chi connectivity index (χ3v) is 8.08. The van der Waals surface area contributed by atoms with E-state index in [0.717, 1.165) is 57.1 Å². The van der Waals surface area contributed by atoms with E-state index < -0.39 is 0 Å². The third kappa shape index (κ3) is 6.86. The van der Waals surface area contributed by atoms with Gasteiger partial charge in [0, 0.05) is 25.0 Å². The summed E-state index contributed by atoms with van der Waals surface area (Å²) in [6.07, 6.45) is 10.5. The van der Waals surface area contributed by atoms with E-state index in [2.05, 4.69) is 40.2 Å². The molecule has 0 saturated carbocycles. The van der Waals surface area contributed by atoms with Gasteiger partial charge >= 0.3 is 0 Å². The molecule has 5 nitrogen and oxygen atoms in total. The summed E-state index contributed by atoms with van der Waals surface area (Å²) in [4.78, 5) is 17.8. The molecular formula is C27H44ClN3O2. The number of benzene rings is 1. The summed E-state index contributed by atoms with van der Waals surface area (Å²) in [7, 11) is 1.76. The average Bonchev–Trinajstić information content (AvgIpc) is 2.86. The number of rotatable bonds is 8. The number of halogens is 1. The summed E-state index contributed by atoms with van der Waals surface area (Å²) in [5, 5.41) is 3.37. The highest BCUT2D eigenvalue weighted by Gasteiger charge is 2.30. The molecule has 2 aliphatic heterocycles. The molecular weight excluding hydrogens is 434 g/mol. The van der Waals surface area contributed by atoms with Crippen LogP contribution < -0.4 is 10.1 Å². The number of aryl methyl sites for hydroxylation is 1. The highest BCUT2D eigenvalue weighted by Crippen LogP contribution is 2.29. The van der Waals surface area contributed by atoms with Gasteiger partial charge in [-0.05, 0) is 113 Å². The van der Waals surface area contributed by atoms with Gasteiger partial charge in [-0.1, -0.05) is 13.0 Å². The van der Waals surface area contributed by atoms with Crippen molar-refractivity contribution in [3.8, 4) is 5.75 Å². The van der Waals surface area contributed by atoms with Gasteiger partial charge in [0.15, 0.2) is 0 Å². The first kappa shape index (κ1) is 26.3. The molecule has 33 heavy (non-hydrogen) atoms. The monoisotopic (exact) mass is 477 g/mol. The Balaban J connectivity index is 0.00000306. The summed E-state index contributed by atoms with van der Waals surface area (Å²) in [5.41, 5.74) is 2.98. The lowest BCUT2D eigenvalue weighted by atomic mass is 9.86. The molecule has 1 amide bonds. The van der Waals surface area contributed by atoms with Gasteiger partial charge in [-0.15, -0.1) is 12.4 Å². The van der Waals surface area contributed by atoms with E-state index in [1.165, 1.54) is 62.7 Å². The fourth-order valence-electron chi connectivity index (χ4n) is 6.03. The molecule has 2 saturated heterocycles. The Bertz CT molecular complexity index is 745. The Hall–Kier alpha value is -1.30. The number of ether oxygens (including phenoxy) is 1. The molecule has 186 valence electrons. The van der Waals surface area contributed by atoms with Gasteiger partial charge in [0.2, 0.25) is 5.91 Å². The van der Waals surface area contributed by atoms with Crippen LogP contribution in [0.5, 0.6) is 5.75 Å². The molecule has 3 aliphatic rings. The van der Waals surface area contributed by atoms with Crippen LogP contribution in [0.2, 0.25) is 0 Å². The number of methoxy groups -OCH3 is 1. The van der Waals surface area contributed by atoms with Crippen LogP contribution >= 0.6 is 12.4 Å². The van der Waals surface area contributed by atoms with Gasteiger partial charge in [-0.3, -0.25) is 4.79 Å². The zero-order valence-corrected chi connectivity index (χ0v) is 21.5. The number of nitrogens with one attached hydrogen (secondary N) is 1. The lowest BCUT2D eigenvalue weighted by Crippen LogP contribution is -2.45. The summed E-state index contributed by atoms with van der Waals surface area (Å²) >= 11 is 0. The van der Waals surface area contributed by atoms with Crippen LogP contribution in [-0.2, 0) is 17.6 Å². The van der Waals surface area contributed by atoms with Crippen LogP contribution in [-0.4, -0.2) is 68.1 Å². The maximum Gasteiger partial charge on any atom is 0.225 e. The standard InChI is InChI=1S/C27H43N3O2.ClH/c1-3-15-29(25-6-4-22-5-7-26(32-2)20-24(22)19-25)16-10-21-11-17-30(18-12-21)27(31)23-8-13-28-14-9-23;/h5,7,20-21,23,25,28H,3-4,6,8-19H2,1-2H3;1H. The first-order chi connectivity index (χ1) is 15.7. The van der Waals surface area contributed by atoms with Gasteiger partial charge in [0.25, 0.3) is 0 Å². The fourth-order valence-corrected chi connectivity index (χ4v) is 6.03. The molecule has 6 heteroatoms. The summed E-state index contributed by atoms with van der Waals surface area (Å²) < 4.78 is 5.47. The van der Waals surface area contributed by atoms with Gasteiger partial charge in [-0.2, -0.15) is 0 Å². The normalized spacial score (nSPS) is 22.0. The molecule has 1 unspecified atom stereocenters. The first-order valence-corrected chi connectivity index (χ1v) is 13.1. The first-order valence-electron chi connectivity index (χ1n) is 13.1. The second-order valence-electron chi connectivity index (χ2n) is 10.1. The number of hydrogen-bond donors (Lipinski definition) is 1. The summed E-state index contributed by atoms with van der Waals surface area (Å²) in [5.74, 6) is 2.44. The van der Waals surface area contributed by atoms with Crippen molar-refractivity contribution in [3.05, 3.63) is 29.3 Å². The van der Waals surface area contributed by atoms with Crippen LogP contribution in [0.15, 0.2) is 18.2 Å². The average molecular weight is 478 g/mol. The van der Waals surface area contributed by atoms with E-state index in [-0.39, 0.29) is 18.3 Å². The van der Waals surface area contributed by atoms with Crippen molar-refractivity contribution in [2.45, 2.75) is 70.8 Å². The number of likely N-dealkylation sites (tertiary alicyclic amines) is 1. The van der Waals surface area contributed by atoms with E-state index in [1.54, 1.807) is 7.11 Å². The summed E-state index contributed by atoms with van der Waals surface area (Å²) in [6.45, 7) is 8.63. The molecule has 1 atom stereocenters. The Morgan fingerprint density at radius 3 is 2.55 bits per heavy atom. The van der Waals surface area contributed by atoms with Gasteiger partial charge in [-0.25, -0.2) is 0 Å². The predicted octanol–water partition coefficient (Wildman–Crippen LogP) is 4.31. The van der Waals surface area contributed by atoms with Crippen molar-refractivity contribution in [2.75, 3.05) is 46.4 Å². The number of amides is 1.